The monoisotopic (exact) mass is 404 g/mol. The lowest BCUT2D eigenvalue weighted by molar-refractivity contribution is -0.301. The third-order valence-electron chi connectivity index (χ3n) is 5.21. The van der Waals surface area contributed by atoms with Crippen LogP contribution >= 0.6 is 0 Å². The van der Waals surface area contributed by atoms with Crippen molar-refractivity contribution in [2.75, 3.05) is 6.61 Å². The van der Waals surface area contributed by atoms with Gasteiger partial charge in [0.1, 0.15) is 6.61 Å². The van der Waals surface area contributed by atoms with Gasteiger partial charge in [0.2, 0.25) is 6.29 Å². The molecule has 0 saturated carbocycles. The fourth-order valence-electron chi connectivity index (χ4n) is 3.39. The molecule has 0 aromatic heterocycles. The highest BCUT2D eigenvalue weighted by Crippen LogP contribution is 2.21. The van der Waals surface area contributed by atoms with Crippen LogP contribution in [-0.4, -0.2) is 45.1 Å². The molecule has 0 fully saturated rings. The van der Waals surface area contributed by atoms with E-state index in [0.717, 1.165) is 19.3 Å². The van der Waals surface area contributed by atoms with Crippen LogP contribution in [0.4, 0.5) is 0 Å². The van der Waals surface area contributed by atoms with Gasteiger partial charge < -0.3 is 25.2 Å². The van der Waals surface area contributed by atoms with Crippen LogP contribution in [0.3, 0.4) is 0 Å². The molecule has 0 bridgehead atoms. The summed E-state index contributed by atoms with van der Waals surface area (Å²) in [7, 11) is 0. The number of aliphatic hydroxyl groups excluding tert-OH is 2. The molecule has 0 aliphatic rings. The molecular weight excluding hydrogens is 360 g/mol. The number of hydrogen-bond acceptors (Lipinski definition) is 6. The average Bonchev–Trinajstić information content (AvgIpc) is 2.67. The quantitative estimate of drug-likeness (QED) is 0.138. The second-order valence-corrected chi connectivity index (χ2v) is 7.90. The Bertz CT molecular complexity index is 361. The van der Waals surface area contributed by atoms with Crippen LogP contribution in [0.15, 0.2) is 0 Å². The standard InChI is InChI=1S/C22H44O6/c1-2-3-4-5-6-7-8-9-10-11-12-13-14-15-16-17-18-22(27,21(25)26)28-20(24)19-23/h21,23,25-27H,2-19H2,1H3. The van der Waals surface area contributed by atoms with E-state index in [1.165, 1.54) is 77.0 Å². The van der Waals surface area contributed by atoms with Crippen LogP contribution in [0, 0.1) is 0 Å². The number of carbonyl (C=O) groups excluding carboxylic acids is 1. The average molecular weight is 405 g/mol. The molecule has 28 heavy (non-hydrogen) atoms. The Morgan fingerprint density at radius 2 is 1.11 bits per heavy atom. The van der Waals surface area contributed by atoms with Gasteiger partial charge in [-0.05, 0) is 6.42 Å². The summed E-state index contributed by atoms with van der Waals surface area (Å²) in [5, 5.41) is 37.0. The topological polar surface area (TPSA) is 107 Å². The van der Waals surface area contributed by atoms with Crippen molar-refractivity contribution in [3.8, 4) is 0 Å². The third-order valence-corrected chi connectivity index (χ3v) is 5.21. The van der Waals surface area contributed by atoms with Gasteiger partial charge in [0.05, 0.1) is 0 Å². The Morgan fingerprint density at radius 3 is 1.43 bits per heavy atom. The van der Waals surface area contributed by atoms with Crippen molar-refractivity contribution < 1.29 is 30.0 Å². The van der Waals surface area contributed by atoms with Crippen molar-refractivity contribution in [3.63, 3.8) is 0 Å². The molecule has 4 N–H and O–H groups in total. The highest BCUT2D eigenvalue weighted by Gasteiger charge is 2.38. The number of unbranched alkanes of at least 4 members (excludes halogenated alkanes) is 15. The summed E-state index contributed by atoms with van der Waals surface area (Å²) in [6.07, 6.45) is 17.3. The molecule has 6 nitrogen and oxygen atoms in total. The Morgan fingerprint density at radius 1 is 0.750 bits per heavy atom. The molecule has 0 heterocycles. The molecule has 0 aliphatic carbocycles. The van der Waals surface area contributed by atoms with Crippen molar-refractivity contribution in [2.24, 2.45) is 0 Å². The summed E-state index contributed by atoms with van der Waals surface area (Å²) in [6.45, 7) is 1.34. The third kappa shape index (κ3) is 15.3. The first kappa shape index (κ1) is 27.3. The molecule has 0 aromatic carbocycles. The van der Waals surface area contributed by atoms with E-state index in [0.29, 0.717) is 6.42 Å². The van der Waals surface area contributed by atoms with Gasteiger partial charge in [-0.1, -0.05) is 103 Å². The number of aliphatic hydroxyl groups is 4. The number of hydrogen-bond donors (Lipinski definition) is 4. The second kappa shape index (κ2) is 18.3. The number of ether oxygens (including phenoxy) is 1. The zero-order valence-corrected chi connectivity index (χ0v) is 17.9. The van der Waals surface area contributed by atoms with Crippen LogP contribution in [-0.2, 0) is 9.53 Å². The lowest BCUT2D eigenvalue weighted by Crippen LogP contribution is -2.47. The van der Waals surface area contributed by atoms with Gasteiger partial charge >= 0.3 is 5.97 Å². The number of rotatable bonds is 20. The maximum atomic E-state index is 11.0. The van der Waals surface area contributed by atoms with Crippen LogP contribution < -0.4 is 0 Å². The summed E-state index contributed by atoms with van der Waals surface area (Å²) >= 11 is 0. The zero-order chi connectivity index (χ0) is 21.1. The van der Waals surface area contributed by atoms with Gasteiger partial charge in [0.25, 0.3) is 5.79 Å². The van der Waals surface area contributed by atoms with Gasteiger partial charge in [-0.2, -0.15) is 0 Å². The van der Waals surface area contributed by atoms with E-state index in [4.69, 9.17) is 5.11 Å². The molecule has 168 valence electrons. The molecule has 0 saturated heterocycles. The van der Waals surface area contributed by atoms with Crippen molar-refractivity contribution in [2.45, 2.75) is 128 Å². The minimum atomic E-state index is -2.34. The van der Waals surface area contributed by atoms with Crippen LogP contribution in [0.25, 0.3) is 0 Å². The zero-order valence-electron chi connectivity index (χ0n) is 17.9. The van der Waals surface area contributed by atoms with Gasteiger partial charge in [-0.25, -0.2) is 4.79 Å². The first-order chi connectivity index (χ1) is 13.5. The summed E-state index contributed by atoms with van der Waals surface area (Å²) in [4.78, 5) is 11.0. The SMILES string of the molecule is CCCCCCCCCCCCCCCCCCC(O)(OC(=O)CO)C(O)O. The molecular formula is C22H44O6. The molecule has 0 spiro atoms. The molecule has 1 atom stereocenters. The van der Waals surface area contributed by atoms with Crippen LogP contribution in [0.2, 0.25) is 0 Å². The fraction of sp³-hybridized carbons (Fsp3) is 0.955. The lowest BCUT2D eigenvalue weighted by Gasteiger charge is -2.29. The number of carbonyl (C=O) groups is 1. The Balaban J connectivity index is 3.46. The van der Waals surface area contributed by atoms with E-state index in [1.807, 2.05) is 0 Å². The summed E-state index contributed by atoms with van der Waals surface area (Å²) < 4.78 is 4.54. The predicted molar refractivity (Wildman–Crippen MR) is 111 cm³/mol. The molecule has 1 unspecified atom stereocenters. The van der Waals surface area contributed by atoms with Crippen LogP contribution in [0.1, 0.15) is 116 Å². The first-order valence-electron chi connectivity index (χ1n) is 11.4. The Hall–Kier alpha value is -0.690. The van der Waals surface area contributed by atoms with E-state index in [2.05, 4.69) is 11.7 Å². The minimum absolute atomic E-state index is 0.0607. The minimum Gasteiger partial charge on any atom is -0.426 e. The van der Waals surface area contributed by atoms with Crippen LogP contribution in [0.5, 0.6) is 0 Å². The lowest BCUT2D eigenvalue weighted by atomic mass is 10.0. The Kier molecular flexibility index (Phi) is 17.9. The Labute approximate surface area is 171 Å². The van der Waals surface area contributed by atoms with E-state index in [9.17, 15) is 20.1 Å². The highest BCUT2D eigenvalue weighted by molar-refractivity contribution is 5.70. The number of esters is 1. The summed E-state index contributed by atoms with van der Waals surface area (Å²) in [5.41, 5.74) is 0. The van der Waals surface area contributed by atoms with Gasteiger partial charge in [0, 0.05) is 6.42 Å². The maximum absolute atomic E-state index is 11.0. The van der Waals surface area contributed by atoms with Crippen molar-refractivity contribution >= 4 is 5.97 Å². The van der Waals surface area contributed by atoms with Crippen molar-refractivity contribution in [1.82, 2.24) is 0 Å². The molecule has 0 aliphatic heterocycles. The fourth-order valence-corrected chi connectivity index (χ4v) is 3.39. The predicted octanol–water partition coefficient (Wildman–Crippen LogP) is 4.17. The van der Waals surface area contributed by atoms with Crippen molar-refractivity contribution in [1.29, 1.82) is 0 Å². The van der Waals surface area contributed by atoms with E-state index < -0.39 is 24.7 Å². The van der Waals surface area contributed by atoms with E-state index in [-0.39, 0.29) is 6.42 Å². The van der Waals surface area contributed by atoms with Gasteiger partial charge in [0.15, 0.2) is 0 Å². The summed E-state index contributed by atoms with van der Waals surface area (Å²) in [6, 6.07) is 0. The molecule has 0 rings (SSSR count). The second-order valence-electron chi connectivity index (χ2n) is 7.90. The van der Waals surface area contributed by atoms with Gasteiger partial charge in [-0.15, -0.1) is 0 Å². The van der Waals surface area contributed by atoms with Gasteiger partial charge in [-0.3, -0.25) is 0 Å². The first-order valence-corrected chi connectivity index (χ1v) is 11.4. The van der Waals surface area contributed by atoms with Crippen molar-refractivity contribution in [3.05, 3.63) is 0 Å². The van der Waals surface area contributed by atoms with E-state index >= 15 is 0 Å². The summed E-state index contributed by atoms with van der Waals surface area (Å²) in [5.74, 6) is -3.41. The van der Waals surface area contributed by atoms with E-state index in [1.54, 1.807) is 0 Å². The maximum Gasteiger partial charge on any atom is 0.334 e. The highest BCUT2D eigenvalue weighted by atomic mass is 16.7. The molecule has 0 aromatic rings. The normalized spacial score (nSPS) is 13.6. The molecule has 6 heteroatoms. The largest absolute Gasteiger partial charge is 0.426 e. The molecule has 0 amide bonds. The smallest absolute Gasteiger partial charge is 0.334 e. The molecule has 0 radical (unpaired) electrons.